The smallest absolute Gasteiger partial charge is 0.255 e. The van der Waals surface area contributed by atoms with Gasteiger partial charge >= 0.3 is 0 Å². The van der Waals surface area contributed by atoms with Crippen LogP contribution in [0.4, 0.5) is 17.2 Å². The highest BCUT2D eigenvalue weighted by molar-refractivity contribution is 6.07. The van der Waals surface area contributed by atoms with Crippen LogP contribution in [0.1, 0.15) is 10.4 Å². The van der Waals surface area contributed by atoms with Gasteiger partial charge in [-0.2, -0.15) is 0 Å². The number of nitrogens with zero attached hydrogens (tertiary/aromatic N) is 2. The highest BCUT2D eigenvalue weighted by Crippen LogP contribution is 2.28. The molecule has 2 aromatic heterocycles. The van der Waals surface area contributed by atoms with Gasteiger partial charge in [0.1, 0.15) is 5.82 Å². The second-order valence-electron chi connectivity index (χ2n) is 7.58. The zero-order valence-electron chi connectivity index (χ0n) is 17.0. The fraction of sp³-hybridized carbons (Fsp3) is 0.167. The summed E-state index contributed by atoms with van der Waals surface area (Å²) in [6, 6.07) is 17.0. The number of aromatic nitrogens is 1. The number of nitrogen functional groups attached to an aromatic ring is 1. The van der Waals surface area contributed by atoms with E-state index in [0.717, 1.165) is 54.0 Å². The molecule has 0 aliphatic carbocycles. The Morgan fingerprint density at radius 2 is 1.90 bits per heavy atom. The molecular weight excluding hydrogens is 390 g/mol. The lowest BCUT2D eigenvalue weighted by molar-refractivity contribution is 0.102. The van der Waals surface area contributed by atoms with Gasteiger partial charge in [-0.25, -0.2) is 4.98 Å². The van der Waals surface area contributed by atoms with Crippen molar-refractivity contribution in [1.82, 2.24) is 10.3 Å². The number of benzene rings is 2. The Labute approximate surface area is 179 Å². The van der Waals surface area contributed by atoms with Crippen LogP contribution < -0.4 is 21.3 Å². The Morgan fingerprint density at radius 3 is 2.71 bits per heavy atom. The Hall–Kier alpha value is -3.84. The molecule has 31 heavy (non-hydrogen) atoms. The minimum Gasteiger partial charge on any atom is -0.472 e. The predicted molar refractivity (Wildman–Crippen MR) is 123 cm³/mol. The van der Waals surface area contributed by atoms with Gasteiger partial charge in [-0.05, 0) is 54.1 Å². The number of carbonyl (C=O) groups excluding carboxylic acids is 1. The van der Waals surface area contributed by atoms with Crippen LogP contribution in [0.15, 0.2) is 71.5 Å². The zero-order chi connectivity index (χ0) is 21.2. The van der Waals surface area contributed by atoms with Crippen LogP contribution in [0.25, 0.3) is 22.0 Å². The molecule has 1 amide bonds. The number of hydrogen-bond acceptors (Lipinski definition) is 6. The molecule has 1 aliphatic heterocycles. The first-order valence-electron chi connectivity index (χ1n) is 10.3. The van der Waals surface area contributed by atoms with Crippen molar-refractivity contribution in [2.75, 3.05) is 42.1 Å². The summed E-state index contributed by atoms with van der Waals surface area (Å²) in [5.41, 5.74) is 10.4. The summed E-state index contributed by atoms with van der Waals surface area (Å²) in [5, 5.41) is 7.20. The molecule has 3 heterocycles. The summed E-state index contributed by atoms with van der Waals surface area (Å²) < 4.78 is 5.15. The van der Waals surface area contributed by atoms with E-state index in [1.165, 1.54) is 0 Å². The SMILES string of the molecule is Nc1ccc(-c2ccoc2)cc1NC(=O)c1ccc2nc(N3CCNCC3)ccc2c1. The first-order chi connectivity index (χ1) is 15.2. The number of hydrogen-bond donors (Lipinski definition) is 3. The van der Waals surface area contributed by atoms with E-state index in [2.05, 4.69) is 15.5 Å². The van der Waals surface area contributed by atoms with Crippen molar-refractivity contribution in [1.29, 1.82) is 0 Å². The second-order valence-corrected chi connectivity index (χ2v) is 7.58. The molecule has 0 bridgehead atoms. The maximum Gasteiger partial charge on any atom is 0.255 e. The predicted octanol–water partition coefficient (Wildman–Crippen LogP) is 3.74. The van der Waals surface area contributed by atoms with Crippen molar-refractivity contribution in [2.24, 2.45) is 0 Å². The van der Waals surface area contributed by atoms with Gasteiger partial charge in [-0.3, -0.25) is 4.79 Å². The molecule has 0 saturated carbocycles. The van der Waals surface area contributed by atoms with Gasteiger partial charge < -0.3 is 25.7 Å². The standard InChI is InChI=1S/C24H23N5O2/c25-20-4-1-16(19-7-12-31-15-19)14-22(20)28-24(30)18-2-5-21-17(13-18)3-6-23(27-21)29-10-8-26-9-11-29/h1-7,12-15,26H,8-11,25H2,(H,28,30). The molecule has 4 aromatic rings. The van der Waals surface area contributed by atoms with Gasteiger partial charge in [0, 0.05) is 42.7 Å². The van der Waals surface area contributed by atoms with Crippen molar-refractivity contribution in [3.63, 3.8) is 0 Å². The molecule has 7 heteroatoms. The molecule has 1 saturated heterocycles. The van der Waals surface area contributed by atoms with E-state index in [1.54, 1.807) is 24.7 Å². The fourth-order valence-corrected chi connectivity index (χ4v) is 3.79. The lowest BCUT2D eigenvalue weighted by atomic mass is 10.1. The molecule has 1 fully saturated rings. The molecule has 0 spiro atoms. The van der Waals surface area contributed by atoms with Gasteiger partial charge in [0.2, 0.25) is 0 Å². The Bertz CT molecular complexity index is 1230. The van der Waals surface area contributed by atoms with Crippen LogP contribution in [0.2, 0.25) is 0 Å². The molecule has 1 aliphatic rings. The zero-order valence-corrected chi connectivity index (χ0v) is 17.0. The number of nitrogens with two attached hydrogens (primary N) is 1. The summed E-state index contributed by atoms with van der Waals surface area (Å²) in [6.07, 6.45) is 3.27. The van der Waals surface area contributed by atoms with Crippen molar-refractivity contribution < 1.29 is 9.21 Å². The van der Waals surface area contributed by atoms with E-state index >= 15 is 0 Å². The van der Waals surface area contributed by atoms with Crippen molar-refractivity contribution in [2.45, 2.75) is 0 Å². The number of rotatable bonds is 4. The monoisotopic (exact) mass is 413 g/mol. The third kappa shape index (κ3) is 3.95. The number of amides is 1. The third-order valence-corrected chi connectivity index (χ3v) is 5.53. The molecule has 0 unspecified atom stereocenters. The largest absolute Gasteiger partial charge is 0.472 e. The van der Waals surface area contributed by atoms with Crippen LogP contribution in [-0.4, -0.2) is 37.1 Å². The second kappa shape index (κ2) is 8.12. The number of carbonyl (C=O) groups is 1. The first-order valence-corrected chi connectivity index (χ1v) is 10.3. The first kappa shape index (κ1) is 19.1. The Kier molecular flexibility index (Phi) is 5.01. The summed E-state index contributed by atoms with van der Waals surface area (Å²) in [6.45, 7) is 3.81. The fourth-order valence-electron chi connectivity index (χ4n) is 3.79. The molecule has 7 nitrogen and oxygen atoms in total. The van der Waals surface area contributed by atoms with Crippen LogP contribution in [-0.2, 0) is 0 Å². The third-order valence-electron chi connectivity index (χ3n) is 5.53. The highest BCUT2D eigenvalue weighted by atomic mass is 16.3. The molecule has 0 atom stereocenters. The average Bonchev–Trinajstić information content (AvgIpc) is 3.35. The lowest BCUT2D eigenvalue weighted by Gasteiger charge is -2.28. The van der Waals surface area contributed by atoms with E-state index < -0.39 is 0 Å². The molecule has 2 aromatic carbocycles. The lowest BCUT2D eigenvalue weighted by Crippen LogP contribution is -2.43. The van der Waals surface area contributed by atoms with Crippen LogP contribution in [0.3, 0.4) is 0 Å². The number of fused-ring (bicyclic) bond motifs is 1. The average molecular weight is 413 g/mol. The van der Waals surface area contributed by atoms with Gasteiger partial charge in [-0.15, -0.1) is 0 Å². The number of furan rings is 1. The van der Waals surface area contributed by atoms with Crippen molar-refractivity contribution in [3.05, 3.63) is 72.7 Å². The Balaban J connectivity index is 1.38. The van der Waals surface area contributed by atoms with Gasteiger partial charge in [0.15, 0.2) is 0 Å². The van der Waals surface area contributed by atoms with Crippen molar-refractivity contribution in [3.8, 4) is 11.1 Å². The number of piperazine rings is 1. The van der Waals surface area contributed by atoms with Crippen LogP contribution >= 0.6 is 0 Å². The number of nitrogens with one attached hydrogen (secondary N) is 2. The molecule has 4 N–H and O–H groups in total. The van der Waals surface area contributed by atoms with Gasteiger partial charge in [-0.1, -0.05) is 6.07 Å². The summed E-state index contributed by atoms with van der Waals surface area (Å²) >= 11 is 0. The maximum atomic E-state index is 12.9. The molecule has 0 radical (unpaired) electrons. The summed E-state index contributed by atoms with van der Waals surface area (Å²) in [5.74, 6) is 0.749. The minimum atomic E-state index is -0.218. The number of pyridine rings is 1. The maximum absolute atomic E-state index is 12.9. The van der Waals surface area contributed by atoms with E-state index in [9.17, 15) is 4.79 Å². The van der Waals surface area contributed by atoms with Crippen molar-refractivity contribution >= 4 is 34.0 Å². The van der Waals surface area contributed by atoms with Gasteiger partial charge in [0.05, 0.1) is 29.4 Å². The molecule has 5 rings (SSSR count). The highest BCUT2D eigenvalue weighted by Gasteiger charge is 2.14. The van der Waals surface area contributed by atoms with Crippen LogP contribution in [0.5, 0.6) is 0 Å². The van der Waals surface area contributed by atoms with E-state index in [-0.39, 0.29) is 5.91 Å². The van der Waals surface area contributed by atoms with E-state index in [0.29, 0.717) is 16.9 Å². The topological polar surface area (TPSA) is 96.4 Å². The minimum absolute atomic E-state index is 0.218. The van der Waals surface area contributed by atoms with E-state index in [4.69, 9.17) is 15.1 Å². The number of anilines is 3. The normalized spacial score (nSPS) is 14.0. The van der Waals surface area contributed by atoms with Gasteiger partial charge in [0.25, 0.3) is 5.91 Å². The summed E-state index contributed by atoms with van der Waals surface area (Å²) in [4.78, 5) is 19.9. The summed E-state index contributed by atoms with van der Waals surface area (Å²) in [7, 11) is 0. The van der Waals surface area contributed by atoms with E-state index in [1.807, 2.05) is 42.5 Å². The molecular formula is C24H23N5O2. The quantitative estimate of drug-likeness (QED) is 0.441. The molecule has 156 valence electrons. The Morgan fingerprint density at radius 1 is 1.03 bits per heavy atom. The van der Waals surface area contributed by atoms with Crippen LogP contribution in [0, 0.1) is 0 Å².